The molecule has 1 heterocycles. The summed E-state index contributed by atoms with van der Waals surface area (Å²) in [6, 6.07) is 8.84. The summed E-state index contributed by atoms with van der Waals surface area (Å²) in [6.07, 6.45) is 1.55. The first-order chi connectivity index (χ1) is 13.4. The molecule has 3 rings (SSSR count). The number of nitrogens with one attached hydrogen (secondary N) is 1. The Kier molecular flexibility index (Phi) is 6.11. The Morgan fingerprint density at radius 1 is 1.14 bits per heavy atom. The molecule has 1 aliphatic rings. The molecule has 0 spiro atoms. The van der Waals surface area contributed by atoms with E-state index in [9.17, 15) is 14.0 Å². The molecule has 1 aliphatic heterocycles. The maximum Gasteiger partial charge on any atom is 0.295 e. The Morgan fingerprint density at radius 2 is 1.82 bits per heavy atom. The highest BCUT2D eigenvalue weighted by Crippen LogP contribution is 2.37. The molecule has 9 heteroatoms. The van der Waals surface area contributed by atoms with Crippen molar-refractivity contribution in [3.8, 4) is 11.5 Å². The average Bonchev–Trinajstić information content (AvgIpc) is 2.95. The fourth-order valence-electron chi connectivity index (χ4n) is 2.51. The molecule has 0 bridgehead atoms. The van der Waals surface area contributed by atoms with Crippen molar-refractivity contribution >= 4 is 46.3 Å². The smallest absolute Gasteiger partial charge is 0.295 e. The standard InChI is InChI=1S/C19H16ClFN2O4S/c1-26-15-9-16(27-2)14(8-13(15)20)22-10-23-18(24)17(28-19(23)25)7-11-3-5-12(21)6-4-11/h3-9,22H,10H2,1-2H3/b17-7-. The highest BCUT2D eigenvalue weighted by molar-refractivity contribution is 8.18. The largest absolute Gasteiger partial charge is 0.495 e. The first-order valence-electron chi connectivity index (χ1n) is 8.09. The zero-order chi connectivity index (χ0) is 20.3. The summed E-state index contributed by atoms with van der Waals surface area (Å²) in [4.78, 5) is 26.1. The lowest BCUT2D eigenvalue weighted by Crippen LogP contribution is -2.33. The molecule has 0 radical (unpaired) electrons. The van der Waals surface area contributed by atoms with Crippen LogP contribution in [0.1, 0.15) is 5.56 Å². The second-order valence-electron chi connectivity index (χ2n) is 5.68. The minimum atomic E-state index is -0.439. The van der Waals surface area contributed by atoms with Gasteiger partial charge in [0.05, 0.1) is 36.5 Å². The molecule has 1 saturated heterocycles. The number of halogens is 2. The lowest BCUT2D eigenvalue weighted by atomic mass is 10.2. The molecular formula is C19H16ClFN2O4S. The molecule has 0 unspecified atom stereocenters. The van der Waals surface area contributed by atoms with Crippen LogP contribution in [0.25, 0.3) is 6.08 Å². The second-order valence-corrected chi connectivity index (χ2v) is 7.08. The van der Waals surface area contributed by atoms with Crippen LogP contribution in [0.4, 0.5) is 14.9 Å². The van der Waals surface area contributed by atoms with Gasteiger partial charge in [0.15, 0.2) is 0 Å². The van der Waals surface area contributed by atoms with E-state index < -0.39 is 11.1 Å². The third kappa shape index (κ3) is 4.23. The van der Waals surface area contributed by atoms with Crippen molar-refractivity contribution in [1.29, 1.82) is 0 Å². The van der Waals surface area contributed by atoms with E-state index in [1.807, 2.05) is 0 Å². The Morgan fingerprint density at radius 3 is 2.46 bits per heavy atom. The van der Waals surface area contributed by atoms with Gasteiger partial charge >= 0.3 is 0 Å². The molecule has 0 saturated carbocycles. The van der Waals surface area contributed by atoms with E-state index in [0.29, 0.717) is 27.8 Å². The number of rotatable bonds is 6. The highest BCUT2D eigenvalue weighted by atomic mass is 35.5. The lowest BCUT2D eigenvalue weighted by Gasteiger charge is -2.17. The predicted octanol–water partition coefficient (Wildman–Crippen LogP) is 4.60. The van der Waals surface area contributed by atoms with Crippen molar-refractivity contribution in [3.05, 3.63) is 57.7 Å². The second kappa shape index (κ2) is 8.53. The lowest BCUT2D eigenvalue weighted by molar-refractivity contribution is -0.122. The number of nitrogens with zero attached hydrogens (tertiary/aromatic N) is 1. The number of carbonyl (C=O) groups is 2. The molecule has 28 heavy (non-hydrogen) atoms. The summed E-state index contributed by atoms with van der Waals surface area (Å²) in [5.74, 6) is 0.0829. The van der Waals surface area contributed by atoms with E-state index in [1.165, 1.54) is 38.5 Å². The highest BCUT2D eigenvalue weighted by Gasteiger charge is 2.35. The molecule has 0 atom stereocenters. The molecule has 6 nitrogen and oxygen atoms in total. The first kappa shape index (κ1) is 20.0. The van der Waals surface area contributed by atoms with Crippen molar-refractivity contribution < 1.29 is 23.5 Å². The van der Waals surface area contributed by atoms with Gasteiger partial charge in [-0.1, -0.05) is 23.7 Å². The molecule has 0 aliphatic carbocycles. The normalized spacial score (nSPS) is 15.3. The number of amides is 2. The zero-order valence-electron chi connectivity index (χ0n) is 15.0. The fraction of sp³-hybridized carbons (Fsp3) is 0.158. The van der Waals surface area contributed by atoms with Crippen LogP contribution >= 0.6 is 23.4 Å². The Balaban J connectivity index is 1.75. The van der Waals surface area contributed by atoms with Crippen molar-refractivity contribution in [3.63, 3.8) is 0 Å². The van der Waals surface area contributed by atoms with Gasteiger partial charge in [-0.3, -0.25) is 14.5 Å². The predicted molar refractivity (Wildman–Crippen MR) is 107 cm³/mol. The van der Waals surface area contributed by atoms with Gasteiger partial charge in [0.25, 0.3) is 11.1 Å². The molecule has 0 aromatic heterocycles. The van der Waals surface area contributed by atoms with E-state index in [2.05, 4.69) is 5.32 Å². The van der Waals surface area contributed by atoms with Gasteiger partial charge < -0.3 is 14.8 Å². The van der Waals surface area contributed by atoms with E-state index in [-0.39, 0.29) is 17.4 Å². The maximum atomic E-state index is 13.0. The topological polar surface area (TPSA) is 67.9 Å². The van der Waals surface area contributed by atoms with Crippen molar-refractivity contribution in [2.75, 3.05) is 26.2 Å². The van der Waals surface area contributed by atoms with Gasteiger partial charge in [-0.2, -0.15) is 0 Å². The Hall–Kier alpha value is -2.71. The van der Waals surface area contributed by atoms with Crippen molar-refractivity contribution in [1.82, 2.24) is 4.90 Å². The Labute approximate surface area is 170 Å². The fourth-order valence-corrected chi connectivity index (χ4v) is 3.59. The van der Waals surface area contributed by atoms with Crippen LogP contribution in [0, 0.1) is 5.82 Å². The van der Waals surface area contributed by atoms with Gasteiger partial charge in [-0.25, -0.2) is 4.39 Å². The molecule has 1 fully saturated rings. The number of hydrogen-bond donors (Lipinski definition) is 1. The summed E-state index contributed by atoms with van der Waals surface area (Å²) in [6.45, 7) is -0.0650. The summed E-state index contributed by atoms with van der Waals surface area (Å²) >= 11 is 6.95. The summed E-state index contributed by atoms with van der Waals surface area (Å²) in [5.41, 5.74) is 1.14. The number of benzene rings is 2. The number of anilines is 1. The molecule has 2 aromatic carbocycles. The van der Waals surface area contributed by atoms with Crippen LogP contribution in [0.5, 0.6) is 11.5 Å². The summed E-state index contributed by atoms with van der Waals surface area (Å²) in [7, 11) is 2.97. The Bertz CT molecular complexity index is 950. The average molecular weight is 423 g/mol. The molecule has 146 valence electrons. The first-order valence-corrected chi connectivity index (χ1v) is 9.28. The number of thioether (sulfide) groups is 1. The third-order valence-corrected chi connectivity index (χ3v) is 5.15. The van der Waals surface area contributed by atoms with Crippen LogP contribution in [0.3, 0.4) is 0 Å². The van der Waals surface area contributed by atoms with Gasteiger partial charge in [0, 0.05) is 6.07 Å². The molecule has 2 amide bonds. The number of carbonyl (C=O) groups excluding carboxylic acids is 2. The minimum absolute atomic E-state index is 0.0650. The van der Waals surface area contributed by atoms with Gasteiger partial charge in [-0.15, -0.1) is 0 Å². The van der Waals surface area contributed by atoms with E-state index >= 15 is 0 Å². The summed E-state index contributed by atoms with van der Waals surface area (Å²) < 4.78 is 23.4. The van der Waals surface area contributed by atoms with E-state index in [4.69, 9.17) is 21.1 Å². The van der Waals surface area contributed by atoms with Crippen LogP contribution in [0.2, 0.25) is 5.02 Å². The number of imide groups is 1. The van der Waals surface area contributed by atoms with Crippen LogP contribution in [-0.2, 0) is 4.79 Å². The monoisotopic (exact) mass is 422 g/mol. The summed E-state index contributed by atoms with van der Waals surface area (Å²) in [5, 5.41) is 2.93. The zero-order valence-corrected chi connectivity index (χ0v) is 16.6. The van der Waals surface area contributed by atoms with Gasteiger partial charge in [0.1, 0.15) is 17.3 Å². The van der Waals surface area contributed by atoms with Crippen LogP contribution in [-0.4, -0.2) is 36.9 Å². The quantitative estimate of drug-likeness (QED) is 0.686. The molecular weight excluding hydrogens is 407 g/mol. The number of ether oxygens (including phenoxy) is 2. The third-order valence-electron chi connectivity index (χ3n) is 3.94. The molecule has 2 aromatic rings. The van der Waals surface area contributed by atoms with Crippen LogP contribution < -0.4 is 14.8 Å². The van der Waals surface area contributed by atoms with E-state index in [0.717, 1.165) is 16.7 Å². The SMILES string of the molecule is COc1cc(OC)c(NCN2C(=O)S/C(=C\c3ccc(F)cc3)C2=O)cc1Cl. The van der Waals surface area contributed by atoms with Gasteiger partial charge in [-0.05, 0) is 41.6 Å². The van der Waals surface area contributed by atoms with Crippen molar-refractivity contribution in [2.45, 2.75) is 0 Å². The van der Waals surface area contributed by atoms with E-state index in [1.54, 1.807) is 18.2 Å². The minimum Gasteiger partial charge on any atom is -0.495 e. The van der Waals surface area contributed by atoms with Crippen molar-refractivity contribution in [2.24, 2.45) is 0 Å². The number of hydrogen-bond acceptors (Lipinski definition) is 6. The maximum absolute atomic E-state index is 13.0. The molecule has 1 N–H and O–H groups in total. The van der Waals surface area contributed by atoms with Crippen LogP contribution in [0.15, 0.2) is 41.3 Å². The van der Waals surface area contributed by atoms with Gasteiger partial charge in [0.2, 0.25) is 0 Å². The number of methoxy groups -OCH3 is 2.